The highest BCUT2D eigenvalue weighted by molar-refractivity contribution is 6.06. The standard InChI is InChI=1S/C28H25NO7/c1-31-20-15-17-12-13-29-19-11-10-16-14-21(32-2)26(33-3)27(34-4)23(16)24(22(17)19)25(20)36-28(30)35-18-8-6-5-7-9-18/h5-9,12-15H,10-11H2,1-4H3. The number of hydrogen-bond donors (Lipinski definition) is 0. The zero-order chi connectivity index (χ0) is 25.2. The zero-order valence-electron chi connectivity index (χ0n) is 20.4. The summed E-state index contributed by atoms with van der Waals surface area (Å²) in [5, 5.41) is 1.73. The lowest BCUT2D eigenvalue weighted by Gasteiger charge is -2.22. The number of rotatable bonds is 6. The summed E-state index contributed by atoms with van der Waals surface area (Å²) in [5.41, 5.74) is 3.12. The van der Waals surface area contributed by atoms with E-state index < -0.39 is 6.16 Å². The fraction of sp³-hybridized carbons (Fsp3) is 0.214. The second-order valence-electron chi connectivity index (χ2n) is 8.09. The number of fused-ring (bicyclic) bond motifs is 2. The molecule has 3 aromatic carbocycles. The molecule has 5 rings (SSSR count). The van der Waals surface area contributed by atoms with Gasteiger partial charge >= 0.3 is 6.16 Å². The van der Waals surface area contributed by atoms with Crippen molar-refractivity contribution in [3.05, 3.63) is 66.0 Å². The summed E-state index contributed by atoms with van der Waals surface area (Å²) in [6, 6.07) is 14.4. The number of methoxy groups -OCH3 is 4. The summed E-state index contributed by atoms with van der Waals surface area (Å²) in [4.78, 5) is 17.6. The van der Waals surface area contributed by atoms with Crippen molar-refractivity contribution in [2.24, 2.45) is 0 Å². The lowest BCUT2D eigenvalue weighted by Crippen LogP contribution is -2.15. The van der Waals surface area contributed by atoms with Gasteiger partial charge in [-0.25, -0.2) is 4.79 Å². The van der Waals surface area contributed by atoms with Crippen LogP contribution in [0, 0.1) is 0 Å². The summed E-state index contributed by atoms with van der Waals surface area (Å²) in [6.45, 7) is 0. The molecule has 1 aromatic heterocycles. The van der Waals surface area contributed by atoms with E-state index in [0.717, 1.165) is 22.0 Å². The summed E-state index contributed by atoms with van der Waals surface area (Å²) < 4.78 is 34.1. The van der Waals surface area contributed by atoms with Crippen LogP contribution in [-0.4, -0.2) is 39.6 Å². The maximum absolute atomic E-state index is 12.9. The first kappa shape index (κ1) is 23.3. The number of para-hydroxylation sites is 1. The van der Waals surface area contributed by atoms with Gasteiger partial charge in [-0.3, -0.25) is 4.98 Å². The Morgan fingerprint density at radius 3 is 2.17 bits per heavy atom. The molecule has 0 unspecified atom stereocenters. The Labute approximate surface area is 208 Å². The Morgan fingerprint density at radius 2 is 1.47 bits per heavy atom. The van der Waals surface area contributed by atoms with Crippen molar-refractivity contribution in [3.8, 4) is 45.6 Å². The lowest BCUT2D eigenvalue weighted by molar-refractivity contribution is 0.150. The van der Waals surface area contributed by atoms with Crippen molar-refractivity contribution in [2.75, 3.05) is 28.4 Å². The Bertz CT molecular complexity index is 1450. The van der Waals surface area contributed by atoms with Gasteiger partial charge in [0.05, 0.1) is 28.4 Å². The first-order valence-corrected chi connectivity index (χ1v) is 11.3. The molecule has 0 fully saturated rings. The topological polar surface area (TPSA) is 85.3 Å². The van der Waals surface area contributed by atoms with Gasteiger partial charge in [0, 0.05) is 28.4 Å². The van der Waals surface area contributed by atoms with E-state index in [1.165, 1.54) is 7.11 Å². The van der Waals surface area contributed by atoms with Crippen LogP contribution in [0.15, 0.2) is 54.7 Å². The van der Waals surface area contributed by atoms with Gasteiger partial charge in [-0.1, -0.05) is 18.2 Å². The zero-order valence-corrected chi connectivity index (χ0v) is 20.4. The quantitative estimate of drug-likeness (QED) is 0.256. The minimum atomic E-state index is -0.897. The van der Waals surface area contributed by atoms with Crippen molar-refractivity contribution in [2.45, 2.75) is 12.8 Å². The number of benzene rings is 3. The summed E-state index contributed by atoms with van der Waals surface area (Å²) >= 11 is 0. The number of ether oxygens (including phenoxy) is 6. The van der Waals surface area contributed by atoms with Crippen LogP contribution in [0.5, 0.6) is 34.5 Å². The number of aromatic nitrogens is 1. The molecule has 0 amide bonds. The Morgan fingerprint density at radius 1 is 0.750 bits per heavy atom. The highest BCUT2D eigenvalue weighted by atomic mass is 16.7. The van der Waals surface area contributed by atoms with E-state index in [1.54, 1.807) is 51.8 Å². The number of hydrogen-bond acceptors (Lipinski definition) is 8. The maximum Gasteiger partial charge on any atom is 0.519 e. The Kier molecular flexibility index (Phi) is 6.25. The minimum Gasteiger partial charge on any atom is -0.493 e. The van der Waals surface area contributed by atoms with E-state index in [-0.39, 0.29) is 5.75 Å². The first-order chi connectivity index (χ1) is 17.6. The normalized spacial score (nSPS) is 11.8. The highest BCUT2D eigenvalue weighted by Crippen LogP contribution is 2.55. The average molecular weight is 488 g/mol. The SMILES string of the molecule is COc1cc2c(c(OC)c1OC)-c1c(OC(=O)Oc3ccccc3)c(OC)cc3ccnc(c13)CC2. The van der Waals surface area contributed by atoms with Gasteiger partial charge < -0.3 is 28.4 Å². The van der Waals surface area contributed by atoms with Crippen LogP contribution in [-0.2, 0) is 12.8 Å². The molecule has 0 saturated carbocycles. The molecule has 1 aliphatic carbocycles. The number of carbonyl (C=O) groups excluding carboxylic acids is 1. The molecule has 0 bridgehead atoms. The van der Waals surface area contributed by atoms with Crippen LogP contribution in [0.2, 0.25) is 0 Å². The van der Waals surface area contributed by atoms with Crippen LogP contribution in [0.4, 0.5) is 4.79 Å². The number of pyridine rings is 1. The molecule has 8 heteroatoms. The first-order valence-electron chi connectivity index (χ1n) is 11.3. The minimum absolute atomic E-state index is 0.203. The van der Waals surface area contributed by atoms with Gasteiger partial charge in [0.25, 0.3) is 0 Å². The van der Waals surface area contributed by atoms with E-state index in [1.807, 2.05) is 24.3 Å². The number of aryl methyl sites for hydroxylation is 2. The molecule has 1 aliphatic rings. The summed E-state index contributed by atoms with van der Waals surface area (Å²) in [7, 11) is 6.21. The van der Waals surface area contributed by atoms with Crippen molar-refractivity contribution < 1.29 is 33.2 Å². The van der Waals surface area contributed by atoms with Crippen molar-refractivity contribution in [1.82, 2.24) is 4.98 Å². The smallest absolute Gasteiger partial charge is 0.493 e. The van der Waals surface area contributed by atoms with Crippen molar-refractivity contribution in [3.63, 3.8) is 0 Å². The lowest BCUT2D eigenvalue weighted by atomic mass is 9.93. The predicted molar refractivity (Wildman–Crippen MR) is 134 cm³/mol. The van der Waals surface area contributed by atoms with Gasteiger partial charge in [0.15, 0.2) is 23.0 Å². The van der Waals surface area contributed by atoms with E-state index >= 15 is 0 Å². The van der Waals surface area contributed by atoms with Gasteiger partial charge in [-0.05, 0) is 54.1 Å². The van der Waals surface area contributed by atoms with Gasteiger partial charge in [0.2, 0.25) is 5.75 Å². The molecular formula is C28H25NO7. The van der Waals surface area contributed by atoms with Crippen molar-refractivity contribution in [1.29, 1.82) is 0 Å². The number of nitrogens with zero attached hydrogens (tertiary/aromatic N) is 1. The Hall–Kier alpha value is -4.46. The molecule has 0 spiro atoms. The molecule has 0 atom stereocenters. The third kappa shape index (κ3) is 3.90. The van der Waals surface area contributed by atoms with Crippen LogP contribution >= 0.6 is 0 Å². The monoisotopic (exact) mass is 487 g/mol. The molecule has 0 radical (unpaired) electrons. The maximum atomic E-state index is 12.9. The predicted octanol–water partition coefficient (Wildman–Crippen LogP) is 5.61. The van der Waals surface area contributed by atoms with E-state index in [4.69, 9.17) is 28.4 Å². The molecule has 184 valence electrons. The molecule has 0 saturated heterocycles. The van der Waals surface area contributed by atoms with Crippen molar-refractivity contribution >= 4 is 16.9 Å². The summed E-state index contributed by atoms with van der Waals surface area (Å²) in [5.74, 6) is 2.36. The fourth-order valence-corrected chi connectivity index (χ4v) is 4.68. The molecule has 0 aliphatic heterocycles. The van der Waals surface area contributed by atoms with E-state index in [9.17, 15) is 4.79 Å². The largest absolute Gasteiger partial charge is 0.519 e. The highest BCUT2D eigenvalue weighted by Gasteiger charge is 2.32. The summed E-state index contributed by atoms with van der Waals surface area (Å²) in [6.07, 6.45) is 2.18. The third-order valence-corrected chi connectivity index (χ3v) is 6.19. The average Bonchev–Trinajstić information content (AvgIpc) is 3.07. The second kappa shape index (κ2) is 9.65. The van der Waals surface area contributed by atoms with E-state index in [0.29, 0.717) is 52.7 Å². The van der Waals surface area contributed by atoms with Gasteiger partial charge in [-0.15, -0.1) is 0 Å². The van der Waals surface area contributed by atoms with E-state index in [2.05, 4.69) is 4.98 Å². The van der Waals surface area contributed by atoms with Gasteiger partial charge in [-0.2, -0.15) is 0 Å². The molecule has 1 heterocycles. The molecule has 4 aromatic rings. The van der Waals surface area contributed by atoms with Gasteiger partial charge in [0.1, 0.15) is 5.75 Å². The van der Waals surface area contributed by atoms with Crippen LogP contribution in [0.3, 0.4) is 0 Å². The molecule has 36 heavy (non-hydrogen) atoms. The van der Waals surface area contributed by atoms with Crippen LogP contribution in [0.25, 0.3) is 21.9 Å². The Balaban J connectivity index is 1.80. The molecule has 0 N–H and O–H groups in total. The second-order valence-corrected chi connectivity index (χ2v) is 8.09. The van der Waals surface area contributed by atoms with Crippen LogP contribution < -0.4 is 28.4 Å². The molecule has 8 nitrogen and oxygen atoms in total. The fourth-order valence-electron chi connectivity index (χ4n) is 4.68. The number of carbonyl (C=O) groups is 1. The third-order valence-electron chi connectivity index (χ3n) is 6.19. The van der Waals surface area contributed by atoms with Crippen LogP contribution in [0.1, 0.15) is 11.3 Å². The molecular weight excluding hydrogens is 462 g/mol.